The van der Waals surface area contributed by atoms with Crippen molar-refractivity contribution >= 4 is 11.6 Å². The third kappa shape index (κ3) is 3.42. The second-order valence-electron chi connectivity index (χ2n) is 4.49. The summed E-state index contributed by atoms with van der Waals surface area (Å²) in [4.78, 5) is 13.8. The summed E-state index contributed by atoms with van der Waals surface area (Å²) in [5.41, 5.74) is 8.54. The lowest BCUT2D eigenvalue weighted by Gasteiger charge is -2.17. The molecule has 19 heavy (non-hydrogen) atoms. The molecule has 0 unspecified atom stereocenters. The number of carbonyl (C=O) groups is 1. The first-order valence-electron chi connectivity index (χ1n) is 6.30. The zero-order valence-corrected chi connectivity index (χ0v) is 11.0. The Morgan fingerprint density at radius 1 is 1.00 bits per heavy atom. The normalized spacial score (nSPS) is 10.2. The Labute approximate surface area is 113 Å². The maximum absolute atomic E-state index is 12.2. The topological polar surface area (TPSA) is 46.3 Å². The number of rotatable bonds is 4. The van der Waals surface area contributed by atoms with E-state index in [1.54, 1.807) is 11.9 Å². The van der Waals surface area contributed by atoms with Crippen LogP contribution >= 0.6 is 0 Å². The Morgan fingerprint density at radius 2 is 1.58 bits per heavy atom. The van der Waals surface area contributed by atoms with Gasteiger partial charge in [0.2, 0.25) is 5.91 Å². The molecule has 0 heterocycles. The number of para-hydroxylation sites is 1. The van der Waals surface area contributed by atoms with E-state index in [2.05, 4.69) is 0 Å². The highest BCUT2D eigenvalue weighted by Gasteiger charge is 2.11. The number of likely N-dealkylation sites (N-methyl/N-ethyl adjacent to an activating group) is 1. The number of nitrogens with zero attached hydrogens (tertiary/aromatic N) is 1. The average Bonchev–Trinajstić information content (AvgIpc) is 2.48. The molecule has 3 heteroatoms. The molecule has 0 aliphatic carbocycles. The molecule has 2 rings (SSSR count). The summed E-state index contributed by atoms with van der Waals surface area (Å²) in [5, 5.41) is 0. The monoisotopic (exact) mass is 254 g/mol. The van der Waals surface area contributed by atoms with Crippen LogP contribution in [0, 0.1) is 0 Å². The van der Waals surface area contributed by atoms with Crippen molar-refractivity contribution in [2.24, 2.45) is 5.73 Å². The Kier molecular flexibility index (Phi) is 4.31. The van der Waals surface area contributed by atoms with Crippen LogP contribution in [0.3, 0.4) is 0 Å². The van der Waals surface area contributed by atoms with Gasteiger partial charge in [0.05, 0.1) is 6.42 Å². The highest BCUT2D eigenvalue weighted by molar-refractivity contribution is 5.94. The van der Waals surface area contributed by atoms with Gasteiger partial charge in [-0.25, -0.2) is 0 Å². The molecule has 0 aliphatic heterocycles. The number of nitrogens with two attached hydrogens (primary N) is 1. The molecule has 0 aliphatic rings. The Hall–Kier alpha value is -2.13. The first-order chi connectivity index (χ1) is 9.20. The molecule has 0 aromatic heterocycles. The molecular formula is C16H18N2O. The average molecular weight is 254 g/mol. The molecule has 2 aromatic rings. The fraction of sp³-hybridized carbons (Fsp3) is 0.188. The minimum Gasteiger partial charge on any atom is -0.326 e. The van der Waals surface area contributed by atoms with Gasteiger partial charge in [-0.05, 0) is 23.3 Å². The molecule has 3 nitrogen and oxygen atoms in total. The molecule has 0 radical (unpaired) electrons. The molecule has 0 saturated heterocycles. The number of hydrogen-bond donors (Lipinski definition) is 1. The predicted molar refractivity (Wildman–Crippen MR) is 77.9 cm³/mol. The molecule has 2 N–H and O–H groups in total. The van der Waals surface area contributed by atoms with Crippen molar-refractivity contribution in [1.29, 1.82) is 0 Å². The summed E-state index contributed by atoms with van der Waals surface area (Å²) < 4.78 is 0. The summed E-state index contributed by atoms with van der Waals surface area (Å²) in [5.74, 6) is 0.0756. The third-order valence-electron chi connectivity index (χ3n) is 3.13. The molecule has 0 atom stereocenters. The van der Waals surface area contributed by atoms with Crippen molar-refractivity contribution in [1.82, 2.24) is 0 Å². The van der Waals surface area contributed by atoms with Crippen LogP contribution in [0.15, 0.2) is 54.6 Å². The van der Waals surface area contributed by atoms with Crippen LogP contribution in [0.4, 0.5) is 5.69 Å². The SMILES string of the molecule is CN(C(=O)Cc1ccc(CN)cc1)c1ccccc1. The van der Waals surface area contributed by atoms with Crippen molar-refractivity contribution in [3.63, 3.8) is 0 Å². The lowest BCUT2D eigenvalue weighted by molar-refractivity contribution is -0.117. The second kappa shape index (κ2) is 6.16. The number of carbonyl (C=O) groups excluding carboxylic acids is 1. The maximum Gasteiger partial charge on any atom is 0.231 e. The van der Waals surface area contributed by atoms with Crippen LogP contribution in [-0.2, 0) is 17.8 Å². The van der Waals surface area contributed by atoms with Gasteiger partial charge >= 0.3 is 0 Å². The van der Waals surface area contributed by atoms with Crippen molar-refractivity contribution in [3.8, 4) is 0 Å². The minimum atomic E-state index is 0.0756. The van der Waals surface area contributed by atoms with Gasteiger partial charge < -0.3 is 10.6 Å². The van der Waals surface area contributed by atoms with E-state index in [4.69, 9.17) is 5.73 Å². The van der Waals surface area contributed by atoms with Crippen LogP contribution in [0.25, 0.3) is 0 Å². The molecule has 98 valence electrons. The van der Waals surface area contributed by atoms with Crippen LogP contribution in [0.5, 0.6) is 0 Å². The van der Waals surface area contributed by atoms with Crippen LogP contribution in [-0.4, -0.2) is 13.0 Å². The lowest BCUT2D eigenvalue weighted by atomic mass is 10.1. The highest BCUT2D eigenvalue weighted by Crippen LogP contribution is 2.13. The van der Waals surface area contributed by atoms with E-state index >= 15 is 0 Å². The van der Waals surface area contributed by atoms with Gasteiger partial charge in [0, 0.05) is 19.3 Å². The lowest BCUT2D eigenvalue weighted by Crippen LogP contribution is -2.27. The summed E-state index contributed by atoms with van der Waals surface area (Å²) >= 11 is 0. The van der Waals surface area contributed by atoms with Crippen molar-refractivity contribution < 1.29 is 4.79 Å². The second-order valence-corrected chi connectivity index (χ2v) is 4.49. The summed E-state index contributed by atoms with van der Waals surface area (Å²) in [6.07, 6.45) is 0.399. The van der Waals surface area contributed by atoms with Gasteiger partial charge in [-0.15, -0.1) is 0 Å². The van der Waals surface area contributed by atoms with E-state index in [9.17, 15) is 4.79 Å². The van der Waals surface area contributed by atoms with E-state index in [1.165, 1.54) is 0 Å². The molecule has 0 fully saturated rings. The molecule has 0 bridgehead atoms. The highest BCUT2D eigenvalue weighted by atomic mass is 16.2. The molecule has 0 spiro atoms. The third-order valence-corrected chi connectivity index (χ3v) is 3.13. The van der Waals surface area contributed by atoms with Crippen LogP contribution < -0.4 is 10.6 Å². The Morgan fingerprint density at radius 3 is 2.16 bits per heavy atom. The first-order valence-corrected chi connectivity index (χ1v) is 6.30. The largest absolute Gasteiger partial charge is 0.326 e. The van der Waals surface area contributed by atoms with Crippen molar-refractivity contribution in [2.45, 2.75) is 13.0 Å². The molecule has 2 aromatic carbocycles. The van der Waals surface area contributed by atoms with E-state index in [0.29, 0.717) is 13.0 Å². The van der Waals surface area contributed by atoms with Gasteiger partial charge in [0.1, 0.15) is 0 Å². The smallest absolute Gasteiger partial charge is 0.231 e. The quantitative estimate of drug-likeness (QED) is 0.910. The number of hydrogen-bond acceptors (Lipinski definition) is 2. The van der Waals surface area contributed by atoms with Gasteiger partial charge in [0.25, 0.3) is 0 Å². The zero-order valence-electron chi connectivity index (χ0n) is 11.0. The van der Waals surface area contributed by atoms with Gasteiger partial charge in [-0.3, -0.25) is 4.79 Å². The molecule has 1 amide bonds. The molecular weight excluding hydrogens is 236 g/mol. The summed E-state index contributed by atoms with van der Waals surface area (Å²) in [6.45, 7) is 0.526. The number of benzene rings is 2. The van der Waals surface area contributed by atoms with E-state index < -0.39 is 0 Å². The van der Waals surface area contributed by atoms with Crippen molar-refractivity contribution in [2.75, 3.05) is 11.9 Å². The van der Waals surface area contributed by atoms with Gasteiger partial charge in [-0.2, -0.15) is 0 Å². The Bertz CT molecular complexity index is 534. The number of amides is 1. The van der Waals surface area contributed by atoms with Crippen LogP contribution in [0.1, 0.15) is 11.1 Å². The van der Waals surface area contributed by atoms with Crippen molar-refractivity contribution in [3.05, 3.63) is 65.7 Å². The summed E-state index contributed by atoms with van der Waals surface area (Å²) in [7, 11) is 1.80. The van der Waals surface area contributed by atoms with Crippen LogP contribution in [0.2, 0.25) is 0 Å². The minimum absolute atomic E-state index is 0.0756. The first kappa shape index (κ1) is 13.3. The maximum atomic E-state index is 12.2. The van der Waals surface area contributed by atoms with Gasteiger partial charge in [0.15, 0.2) is 0 Å². The summed E-state index contributed by atoms with van der Waals surface area (Å²) in [6, 6.07) is 17.5. The number of anilines is 1. The zero-order chi connectivity index (χ0) is 13.7. The molecule has 0 saturated carbocycles. The van der Waals surface area contributed by atoms with E-state index in [1.807, 2.05) is 54.6 Å². The van der Waals surface area contributed by atoms with E-state index in [-0.39, 0.29) is 5.91 Å². The predicted octanol–water partition coefficient (Wildman–Crippen LogP) is 2.35. The fourth-order valence-electron chi connectivity index (χ4n) is 1.88. The standard InChI is InChI=1S/C16H18N2O/c1-18(15-5-3-2-4-6-15)16(19)11-13-7-9-14(12-17)10-8-13/h2-10H,11-12,17H2,1H3. The Balaban J connectivity index is 2.04. The van der Waals surface area contributed by atoms with Gasteiger partial charge in [-0.1, -0.05) is 42.5 Å². The van der Waals surface area contributed by atoms with E-state index in [0.717, 1.165) is 16.8 Å². The fourth-order valence-corrected chi connectivity index (χ4v) is 1.88.